The summed E-state index contributed by atoms with van der Waals surface area (Å²) in [5, 5.41) is 6.87. The first-order valence-electron chi connectivity index (χ1n) is 7.67. The molecule has 4 nitrogen and oxygen atoms in total. The number of benzene rings is 2. The summed E-state index contributed by atoms with van der Waals surface area (Å²) in [7, 11) is 1.64. The summed E-state index contributed by atoms with van der Waals surface area (Å²) in [4.78, 5) is 11.8. The Morgan fingerprint density at radius 1 is 1.00 bits per heavy atom. The molecule has 0 aliphatic carbocycles. The van der Waals surface area contributed by atoms with Crippen molar-refractivity contribution in [2.45, 2.75) is 12.8 Å². The lowest BCUT2D eigenvalue weighted by Gasteiger charge is -2.09. The number of hydrogen-bond donors (Lipinski definition) is 2. The van der Waals surface area contributed by atoms with Gasteiger partial charge in [0.25, 0.3) is 0 Å². The van der Waals surface area contributed by atoms with Gasteiger partial charge >= 0.3 is 6.03 Å². The number of halogens is 2. The monoisotopic (exact) mass is 366 g/mol. The van der Waals surface area contributed by atoms with Gasteiger partial charge in [-0.25, -0.2) is 4.79 Å². The summed E-state index contributed by atoms with van der Waals surface area (Å²) >= 11 is 12.0. The Morgan fingerprint density at radius 3 is 2.29 bits per heavy atom. The van der Waals surface area contributed by atoms with Crippen LogP contribution in [0.3, 0.4) is 0 Å². The van der Waals surface area contributed by atoms with Crippen LogP contribution in [-0.2, 0) is 12.8 Å². The van der Waals surface area contributed by atoms with Crippen molar-refractivity contribution in [2.24, 2.45) is 0 Å². The van der Waals surface area contributed by atoms with Crippen LogP contribution in [0, 0.1) is 0 Å². The maximum Gasteiger partial charge on any atom is 0.314 e. The molecule has 0 spiro atoms. The van der Waals surface area contributed by atoms with Crippen molar-refractivity contribution in [1.29, 1.82) is 0 Å². The van der Waals surface area contributed by atoms with Gasteiger partial charge in [-0.3, -0.25) is 0 Å². The molecule has 0 bridgehead atoms. The Morgan fingerprint density at radius 2 is 1.67 bits per heavy atom. The molecule has 2 amide bonds. The average Bonchev–Trinajstić information content (AvgIpc) is 2.57. The normalized spacial score (nSPS) is 10.3. The highest BCUT2D eigenvalue weighted by atomic mass is 35.5. The lowest BCUT2D eigenvalue weighted by Crippen LogP contribution is -2.37. The fourth-order valence-corrected chi connectivity index (χ4v) is 2.71. The van der Waals surface area contributed by atoms with Gasteiger partial charge in [-0.1, -0.05) is 41.4 Å². The third-order valence-corrected chi connectivity index (χ3v) is 4.14. The van der Waals surface area contributed by atoms with E-state index in [1.807, 2.05) is 30.3 Å². The van der Waals surface area contributed by atoms with Crippen LogP contribution in [0.4, 0.5) is 4.79 Å². The molecule has 0 aromatic heterocycles. The summed E-state index contributed by atoms with van der Waals surface area (Å²) in [5.74, 6) is 0.824. The van der Waals surface area contributed by atoms with Crippen LogP contribution in [0.1, 0.15) is 11.1 Å². The second kappa shape index (κ2) is 9.40. The van der Waals surface area contributed by atoms with E-state index in [2.05, 4.69) is 10.6 Å². The van der Waals surface area contributed by atoms with Crippen molar-refractivity contribution in [3.63, 3.8) is 0 Å². The van der Waals surface area contributed by atoms with Crippen LogP contribution < -0.4 is 15.4 Å². The lowest BCUT2D eigenvalue weighted by atomic mass is 10.1. The second-order valence-electron chi connectivity index (χ2n) is 5.27. The first-order chi connectivity index (χ1) is 11.6. The Balaban J connectivity index is 1.66. The highest BCUT2D eigenvalue weighted by Crippen LogP contribution is 2.21. The van der Waals surface area contributed by atoms with Crippen molar-refractivity contribution in [1.82, 2.24) is 10.6 Å². The van der Waals surface area contributed by atoms with Crippen molar-refractivity contribution >= 4 is 29.2 Å². The van der Waals surface area contributed by atoms with Gasteiger partial charge in [-0.2, -0.15) is 0 Å². The molecule has 0 aliphatic heterocycles. The molecule has 0 aliphatic rings. The number of ether oxygens (including phenoxy) is 1. The third kappa shape index (κ3) is 5.95. The van der Waals surface area contributed by atoms with E-state index in [1.54, 1.807) is 19.2 Å². The minimum Gasteiger partial charge on any atom is -0.497 e. The summed E-state index contributed by atoms with van der Waals surface area (Å²) in [6, 6.07) is 13.0. The van der Waals surface area contributed by atoms with E-state index >= 15 is 0 Å². The van der Waals surface area contributed by atoms with Crippen molar-refractivity contribution in [3.05, 3.63) is 63.6 Å². The molecule has 6 heteroatoms. The third-order valence-electron chi connectivity index (χ3n) is 3.55. The van der Waals surface area contributed by atoms with Gasteiger partial charge in [0.05, 0.1) is 7.11 Å². The predicted molar refractivity (Wildman–Crippen MR) is 98.3 cm³/mol. The van der Waals surface area contributed by atoms with Gasteiger partial charge < -0.3 is 15.4 Å². The standard InChI is InChI=1S/C18H20Cl2N2O2/c1-24-16-6-2-13(3-7-16)8-10-21-18(23)22-11-9-14-4-5-15(19)12-17(14)20/h2-7,12H,8-11H2,1H3,(H2,21,22,23). The first-order valence-corrected chi connectivity index (χ1v) is 8.42. The average molecular weight is 367 g/mol. The summed E-state index contributed by atoms with van der Waals surface area (Å²) in [5.41, 5.74) is 2.10. The highest BCUT2D eigenvalue weighted by molar-refractivity contribution is 6.35. The Bertz CT molecular complexity index is 675. The number of carbonyl (C=O) groups is 1. The maximum absolute atomic E-state index is 11.8. The van der Waals surface area contributed by atoms with Crippen LogP contribution in [-0.4, -0.2) is 26.2 Å². The van der Waals surface area contributed by atoms with E-state index in [4.69, 9.17) is 27.9 Å². The molecule has 0 saturated heterocycles. The number of carbonyl (C=O) groups excluding carboxylic acids is 1. The van der Waals surface area contributed by atoms with Gasteiger partial charge in [0.15, 0.2) is 0 Å². The SMILES string of the molecule is COc1ccc(CCNC(=O)NCCc2ccc(Cl)cc2Cl)cc1. The molecular formula is C18H20Cl2N2O2. The van der Waals surface area contributed by atoms with E-state index in [9.17, 15) is 4.79 Å². The van der Waals surface area contributed by atoms with Crippen LogP contribution in [0.15, 0.2) is 42.5 Å². The lowest BCUT2D eigenvalue weighted by molar-refractivity contribution is 0.241. The minimum absolute atomic E-state index is 0.186. The van der Waals surface area contributed by atoms with E-state index in [0.29, 0.717) is 29.6 Å². The van der Waals surface area contributed by atoms with Gasteiger partial charge in [-0.05, 0) is 48.2 Å². The van der Waals surface area contributed by atoms with Crippen LogP contribution in [0.25, 0.3) is 0 Å². The summed E-state index contributed by atoms with van der Waals surface area (Å²) in [6.07, 6.45) is 1.42. The number of amides is 2. The molecule has 2 N–H and O–H groups in total. The zero-order valence-corrected chi connectivity index (χ0v) is 15.0. The Hall–Kier alpha value is -1.91. The van der Waals surface area contributed by atoms with Gasteiger partial charge in [0.2, 0.25) is 0 Å². The Labute approximate surface area is 152 Å². The molecule has 128 valence electrons. The van der Waals surface area contributed by atoms with E-state index < -0.39 is 0 Å². The number of urea groups is 1. The van der Waals surface area contributed by atoms with Gasteiger partial charge in [-0.15, -0.1) is 0 Å². The van der Waals surface area contributed by atoms with Crippen molar-refractivity contribution in [2.75, 3.05) is 20.2 Å². The van der Waals surface area contributed by atoms with E-state index in [1.165, 1.54) is 0 Å². The molecule has 0 radical (unpaired) electrons. The number of methoxy groups -OCH3 is 1. The number of hydrogen-bond acceptors (Lipinski definition) is 2. The molecule has 0 atom stereocenters. The fraction of sp³-hybridized carbons (Fsp3) is 0.278. The summed E-state index contributed by atoms with van der Waals surface area (Å²) in [6.45, 7) is 1.08. The van der Waals surface area contributed by atoms with E-state index in [-0.39, 0.29) is 6.03 Å². The first kappa shape index (κ1) is 18.4. The quantitative estimate of drug-likeness (QED) is 0.775. The van der Waals surface area contributed by atoms with Crippen molar-refractivity contribution < 1.29 is 9.53 Å². The molecule has 2 aromatic carbocycles. The Kier molecular flexibility index (Phi) is 7.22. The van der Waals surface area contributed by atoms with Crippen LogP contribution in [0.5, 0.6) is 5.75 Å². The zero-order valence-electron chi connectivity index (χ0n) is 13.4. The topological polar surface area (TPSA) is 50.4 Å². The molecule has 0 saturated carbocycles. The molecule has 0 fully saturated rings. The maximum atomic E-state index is 11.8. The molecular weight excluding hydrogens is 347 g/mol. The van der Waals surface area contributed by atoms with Crippen LogP contribution >= 0.6 is 23.2 Å². The van der Waals surface area contributed by atoms with Crippen molar-refractivity contribution in [3.8, 4) is 5.75 Å². The zero-order chi connectivity index (χ0) is 17.4. The van der Waals surface area contributed by atoms with Gasteiger partial charge in [0.1, 0.15) is 5.75 Å². The van der Waals surface area contributed by atoms with Gasteiger partial charge in [0, 0.05) is 23.1 Å². The van der Waals surface area contributed by atoms with E-state index in [0.717, 1.165) is 23.3 Å². The highest BCUT2D eigenvalue weighted by Gasteiger charge is 2.03. The molecule has 0 unspecified atom stereocenters. The molecule has 0 heterocycles. The number of nitrogens with one attached hydrogen (secondary N) is 2. The largest absolute Gasteiger partial charge is 0.497 e. The number of rotatable bonds is 7. The van der Waals surface area contributed by atoms with Crippen LogP contribution in [0.2, 0.25) is 10.0 Å². The fourth-order valence-electron chi connectivity index (χ4n) is 2.21. The predicted octanol–water partition coefficient (Wildman–Crippen LogP) is 4.09. The smallest absolute Gasteiger partial charge is 0.314 e. The second-order valence-corrected chi connectivity index (χ2v) is 6.11. The molecule has 2 aromatic rings. The minimum atomic E-state index is -0.186. The summed E-state index contributed by atoms with van der Waals surface area (Å²) < 4.78 is 5.11. The molecule has 2 rings (SSSR count). The molecule has 24 heavy (non-hydrogen) atoms.